The summed E-state index contributed by atoms with van der Waals surface area (Å²) >= 11 is 0. The van der Waals surface area contributed by atoms with Gasteiger partial charge in [0.05, 0.1) is 7.11 Å². The van der Waals surface area contributed by atoms with Crippen LogP contribution in [0, 0.1) is 5.82 Å². The van der Waals surface area contributed by atoms with Crippen molar-refractivity contribution in [3.63, 3.8) is 0 Å². The smallest absolute Gasteiger partial charge is 0.323 e. The van der Waals surface area contributed by atoms with Gasteiger partial charge in [0.1, 0.15) is 5.54 Å². The number of halogens is 1. The SMILES string of the molecule is COc1ccc(CN2CCCCC2(C)C(=O)O)cc1F. The van der Waals surface area contributed by atoms with Crippen molar-refractivity contribution in [1.82, 2.24) is 4.90 Å². The molecule has 2 rings (SSSR count). The first-order valence-electron chi connectivity index (χ1n) is 6.78. The fourth-order valence-corrected chi connectivity index (χ4v) is 2.70. The zero-order valence-corrected chi connectivity index (χ0v) is 11.9. The van der Waals surface area contributed by atoms with Crippen molar-refractivity contribution in [2.75, 3.05) is 13.7 Å². The number of benzene rings is 1. The number of aliphatic carboxylic acids is 1. The van der Waals surface area contributed by atoms with Crippen LogP contribution in [0.2, 0.25) is 0 Å². The van der Waals surface area contributed by atoms with E-state index in [1.165, 1.54) is 13.2 Å². The molecule has 0 radical (unpaired) electrons. The Morgan fingerprint density at radius 3 is 2.85 bits per heavy atom. The van der Waals surface area contributed by atoms with Crippen LogP contribution in [0.3, 0.4) is 0 Å². The first-order chi connectivity index (χ1) is 9.47. The molecule has 1 aliphatic heterocycles. The Hall–Kier alpha value is -1.62. The zero-order valence-electron chi connectivity index (χ0n) is 11.9. The van der Waals surface area contributed by atoms with Crippen LogP contribution in [0.4, 0.5) is 4.39 Å². The molecule has 1 unspecified atom stereocenters. The molecule has 1 saturated heterocycles. The van der Waals surface area contributed by atoms with Crippen LogP contribution in [-0.4, -0.2) is 35.2 Å². The average molecular weight is 281 g/mol. The molecule has 0 aromatic heterocycles. The molecule has 1 aromatic rings. The van der Waals surface area contributed by atoms with Gasteiger partial charge in [0.2, 0.25) is 0 Å². The van der Waals surface area contributed by atoms with Gasteiger partial charge >= 0.3 is 5.97 Å². The van der Waals surface area contributed by atoms with E-state index < -0.39 is 17.3 Å². The number of rotatable bonds is 4. The number of carboxylic acid groups (broad SMARTS) is 1. The summed E-state index contributed by atoms with van der Waals surface area (Å²) in [4.78, 5) is 13.4. The largest absolute Gasteiger partial charge is 0.494 e. The monoisotopic (exact) mass is 281 g/mol. The summed E-state index contributed by atoms with van der Waals surface area (Å²) in [6.07, 6.45) is 2.51. The highest BCUT2D eigenvalue weighted by molar-refractivity contribution is 5.78. The van der Waals surface area contributed by atoms with Gasteiger partial charge in [0, 0.05) is 6.54 Å². The third-order valence-corrected chi connectivity index (χ3v) is 4.09. The van der Waals surface area contributed by atoms with Gasteiger partial charge in [-0.15, -0.1) is 0 Å². The second-order valence-electron chi connectivity index (χ2n) is 5.43. The molecule has 1 aromatic carbocycles. The quantitative estimate of drug-likeness (QED) is 0.922. The lowest BCUT2D eigenvalue weighted by Crippen LogP contribution is -2.54. The molecule has 4 nitrogen and oxygen atoms in total. The number of likely N-dealkylation sites (tertiary alicyclic amines) is 1. The second-order valence-corrected chi connectivity index (χ2v) is 5.43. The fourth-order valence-electron chi connectivity index (χ4n) is 2.70. The molecule has 0 spiro atoms. The number of methoxy groups -OCH3 is 1. The summed E-state index contributed by atoms with van der Waals surface area (Å²) in [6, 6.07) is 4.77. The van der Waals surface area contributed by atoms with Gasteiger partial charge in [-0.3, -0.25) is 9.69 Å². The first-order valence-corrected chi connectivity index (χ1v) is 6.78. The Bertz CT molecular complexity index is 506. The van der Waals surface area contributed by atoms with E-state index in [1.807, 2.05) is 4.90 Å². The Kier molecular flexibility index (Phi) is 4.28. The summed E-state index contributed by atoms with van der Waals surface area (Å²) in [7, 11) is 1.42. The van der Waals surface area contributed by atoms with Gasteiger partial charge in [-0.1, -0.05) is 6.07 Å². The number of carbonyl (C=O) groups is 1. The van der Waals surface area contributed by atoms with Crippen LogP contribution < -0.4 is 4.74 Å². The van der Waals surface area contributed by atoms with Gasteiger partial charge in [0.15, 0.2) is 11.6 Å². The third kappa shape index (κ3) is 2.77. The van der Waals surface area contributed by atoms with E-state index in [0.29, 0.717) is 13.0 Å². The highest BCUT2D eigenvalue weighted by Gasteiger charge is 2.41. The van der Waals surface area contributed by atoms with Gasteiger partial charge < -0.3 is 9.84 Å². The normalized spacial score (nSPS) is 23.6. The minimum atomic E-state index is -0.866. The highest BCUT2D eigenvalue weighted by atomic mass is 19.1. The maximum atomic E-state index is 13.7. The van der Waals surface area contributed by atoms with Crippen molar-refractivity contribution in [2.24, 2.45) is 0 Å². The molecule has 0 saturated carbocycles. The molecule has 0 bridgehead atoms. The van der Waals surface area contributed by atoms with Crippen LogP contribution in [0.1, 0.15) is 31.7 Å². The molecule has 1 aliphatic rings. The maximum Gasteiger partial charge on any atom is 0.323 e. The molecule has 0 aliphatic carbocycles. The number of hydrogen-bond acceptors (Lipinski definition) is 3. The summed E-state index contributed by atoms with van der Waals surface area (Å²) in [5, 5.41) is 9.45. The lowest BCUT2D eigenvalue weighted by Gasteiger charge is -2.41. The number of piperidine rings is 1. The van der Waals surface area contributed by atoms with Crippen molar-refractivity contribution in [1.29, 1.82) is 0 Å². The topological polar surface area (TPSA) is 49.8 Å². The van der Waals surface area contributed by atoms with Crippen molar-refractivity contribution in [3.05, 3.63) is 29.6 Å². The predicted molar refractivity (Wildman–Crippen MR) is 73.3 cm³/mol. The van der Waals surface area contributed by atoms with Crippen LogP contribution in [0.15, 0.2) is 18.2 Å². The molecule has 110 valence electrons. The molecular weight excluding hydrogens is 261 g/mol. The lowest BCUT2D eigenvalue weighted by atomic mass is 9.88. The van der Waals surface area contributed by atoms with Crippen molar-refractivity contribution in [2.45, 2.75) is 38.3 Å². The van der Waals surface area contributed by atoms with E-state index in [2.05, 4.69) is 0 Å². The first kappa shape index (κ1) is 14.8. The van der Waals surface area contributed by atoms with Crippen LogP contribution >= 0.6 is 0 Å². The Balaban J connectivity index is 2.19. The number of ether oxygens (including phenoxy) is 1. The Morgan fingerprint density at radius 2 is 2.25 bits per heavy atom. The van der Waals surface area contributed by atoms with Crippen molar-refractivity contribution < 1.29 is 19.0 Å². The summed E-state index contributed by atoms with van der Waals surface area (Å²) in [5.41, 5.74) is -0.105. The van der Waals surface area contributed by atoms with Crippen LogP contribution in [0.25, 0.3) is 0 Å². The van der Waals surface area contributed by atoms with E-state index in [9.17, 15) is 14.3 Å². The van der Waals surface area contributed by atoms with Gasteiger partial charge in [0.25, 0.3) is 0 Å². The van der Waals surface area contributed by atoms with E-state index in [1.54, 1.807) is 19.1 Å². The van der Waals surface area contributed by atoms with E-state index >= 15 is 0 Å². The molecular formula is C15H20FNO3. The fraction of sp³-hybridized carbons (Fsp3) is 0.533. The predicted octanol–water partition coefficient (Wildman–Crippen LogP) is 2.66. The lowest BCUT2D eigenvalue weighted by molar-refractivity contribution is -0.153. The zero-order chi connectivity index (χ0) is 14.8. The van der Waals surface area contributed by atoms with E-state index in [0.717, 1.165) is 24.9 Å². The number of carboxylic acids is 1. The standard InChI is InChI=1S/C15H20FNO3/c1-15(14(18)19)7-3-4-8-17(15)10-11-5-6-13(20-2)12(16)9-11/h5-6,9H,3-4,7-8,10H2,1-2H3,(H,18,19). The second kappa shape index (κ2) is 5.79. The van der Waals surface area contributed by atoms with Crippen molar-refractivity contribution >= 4 is 5.97 Å². The van der Waals surface area contributed by atoms with Gasteiger partial charge in [-0.05, 0) is 50.4 Å². The Labute approximate surface area is 118 Å². The summed E-state index contributed by atoms with van der Waals surface area (Å²) in [6.45, 7) is 2.90. The third-order valence-electron chi connectivity index (χ3n) is 4.09. The number of hydrogen-bond donors (Lipinski definition) is 1. The minimum Gasteiger partial charge on any atom is -0.494 e. The summed E-state index contributed by atoms with van der Waals surface area (Å²) < 4.78 is 18.6. The Morgan fingerprint density at radius 1 is 1.50 bits per heavy atom. The molecule has 20 heavy (non-hydrogen) atoms. The van der Waals surface area contributed by atoms with Crippen LogP contribution in [0.5, 0.6) is 5.75 Å². The van der Waals surface area contributed by atoms with E-state index in [4.69, 9.17) is 4.74 Å². The van der Waals surface area contributed by atoms with Gasteiger partial charge in [-0.2, -0.15) is 0 Å². The highest BCUT2D eigenvalue weighted by Crippen LogP contribution is 2.30. The van der Waals surface area contributed by atoms with Gasteiger partial charge in [-0.25, -0.2) is 4.39 Å². The molecule has 1 heterocycles. The molecule has 1 atom stereocenters. The molecule has 0 amide bonds. The minimum absolute atomic E-state index is 0.202. The van der Waals surface area contributed by atoms with Crippen molar-refractivity contribution in [3.8, 4) is 5.75 Å². The van der Waals surface area contributed by atoms with Crippen LogP contribution in [-0.2, 0) is 11.3 Å². The molecule has 5 heteroatoms. The maximum absolute atomic E-state index is 13.7. The average Bonchev–Trinajstić information content (AvgIpc) is 2.41. The van der Waals surface area contributed by atoms with E-state index in [-0.39, 0.29) is 5.75 Å². The molecule has 1 N–H and O–H groups in total. The summed E-state index contributed by atoms with van der Waals surface area (Å²) in [5.74, 6) is -1.03. The number of nitrogens with zero attached hydrogens (tertiary/aromatic N) is 1. The molecule has 1 fully saturated rings.